The highest BCUT2D eigenvalue weighted by Gasteiger charge is 2.09. The van der Waals surface area contributed by atoms with Gasteiger partial charge in [-0.15, -0.1) is 0 Å². The fourth-order valence-electron chi connectivity index (χ4n) is 1.83. The molecule has 0 unspecified atom stereocenters. The lowest BCUT2D eigenvalue weighted by molar-refractivity contribution is 0.767. The largest absolute Gasteiger partial charge is 0.294 e. The average molecular weight is 269 g/mol. The van der Waals surface area contributed by atoms with Gasteiger partial charge in [-0.05, 0) is 36.5 Å². The molecule has 1 N–H and O–H groups in total. The fraction of sp³-hybridized carbons (Fsp3) is 0.0769. The first-order valence-electron chi connectivity index (χ1n) is 5.80. The van der Waals surface area contributed by atoms with Crippen molar-refractivity contribution in [2.24, 2.45) is 0 Å². The smallest absolute Gasteiger partial charge is 0.195 e. The van der Waals surface area contributed by atoms with Gasteiger partial charge in [0.2, 0.25) is 0 Å². The van der Waals surface area contributed by atoms with Crippen LogP contribution < -0.4 is 0 Å². The molecule has 3 heterocycles. The predicted octanol–water partition coefficient (Wildman–Crippen LogP) is 2.45. The highest BCUT2D eigenvalue weighted by molar-refractivity contribution is 7.71. The molecule has 0 saturated carbocycles. The summed E-state index contributed by atoms with van der Waals surface area (Å²) in [4.78, 5) is 8.41. The van der Waals surface area contributed by atoms with Crippen molar-refractivity contribution in [1.29, 1.82) is 0 Å². The van der Waals surface area contributed by atoms with Crippen LogP contribution in [0, 0.1) is 4.77 Å². The standard InChI is InChI=1S/C13H11N5S/c19-13-17-16-12(10-4-3-6-14-8-10)18(13)9-11-5-1-2-7-15-11/h1-8H,9H2,(H,17,19). The third-order valence-corrected chi connectivity index (χ3v) is 3.04. The molecule has 0 spiro atoms. The van der Waals surface area contributed by atoms with E-state index in [0.717, 1.165) is 17.1 Å². The number of pyridine rings is 2. The minimum Gasteiger partial charge on any atom is -0.294 e. The molecular formula is C13H11N5S. The van der Waals surface area contributed by atoms with Crippen molar-refractivity contribution in [3.8, 4) is 11.4 Å². The van der Waals surface area contributed by atoms with Gasteiger partial charge >= 0.3 is 0 Å². The molecule has 3 rings (SSSR count). The molecule has 6 heteroatoms. The first-order valence-corrected chi connectivity index (χ1v) is 6.21. The molecule has 94 valence electrons. The van der Waals surface area contributed by atoms with Crippen LogP contribution in [0.1, 0.15) is 5.69 Å². The molecule has 3 aromatic rings. The van der Waals surface area contributed by atoms with Gasteiger partial charge in [0, 0.05) is 24.2 Å². The molecule has 0 aromatic carbocycles. The normalized spacial score (nSPS) is 10.5. The van der Waals surface area contributed by atoms with E-state index in [-0.39, 0.29) is 0 Å². The third-order valence-electron chi connectivity index (χ3n) is 2.72. The summed E-state index contributed by atoms with van der Waals surface area (Å²) in [6.45, 7) is 0.584. The number of aromatic amines is 1. The van der Waals surface area contributed by atoms with Crippen LogP contribution in [0.3, 0.4) is 0 Å². The summed E-state index contributed by atoms with van der Waals surface area (Å²) in [5, 5.41) is 7.08. The number of rotatable bonds is 3. The Kier molecular flexibility index (Phi) is 3.16. The summed E-state index contributed by atoms with van der Waals surface area (Å²) in [6, 6.07) is 9.63. The molecule has 0 aliphatic carbocycles. The summed E-state index contributed by atoms with van der Waals surface area (Å²) in [5.74, 6) is 0.767. The van der Waals surface area contributed by atoms with E-state index in [4.69, 9.17) is 12.2 Å². The Morgan fingerprint density at radius 3 is 2.84 bits per heavy atom. The zero-order chi connectivity index (χ0) is 13.1. The van der Waals surface area contributed by atoms with Gasteiger partial charge in [0.25, 0.3) is 0 Å². The van der Waals surface area contributed by atoms with Crippen LogP contribution >= 0.6 is 12.2 Å². The van der Waals surface area contributed by atoms with Gasteiger partial charge in [0.05, 0.1) is 12.2 Å². The van der Waals surface area contributed by atoms with Crippen LogP contribution in [-0.2, 0) is 6.54 Å². The maximum atomic E-state index is 5.27. The van der Waals surface area contributed by atoms with E-state index < -0.39 is 0 Å². The van der Waals surface area contributed by atoms with E-state index in [2.05, 4.69) is 20.2 Å². The molecule has 5 nitrogen and oxygen atoms in total. The highest BCUT2D eigenvalue weighted by atomic mass is 32.1. The summed E-state index contributed by atoms with van der Waals surface area (Å²) in [5.41, 5.74) is 1.86. The zero-order valence-corrected chi connectivity index (χ0v) is 10.8. The summed E-state index contributed by atoms with van der Waals surface area (Å²) >= 11 is 5.27. The maximum Gasteiger partial charge on any atom is 0.195 e. The van der Waals surface area contributed by atoms with E-state index in [9.17, 15) is 0 Å². The van der Waals surface area contributed by atoms with Crippen LogP contribution in [0.25, 0.3) is 11.4 Å². The molecule has 3 aromatic heterocycles. The van der Waals surface area contributed by atoms with Gasteiger partial charge in [-0.3, -0.25) is 19.6 Å². The minimum atomic E-state index is 0.574. The SMILES string of the molecule is S=c1[nH]nc(-c2cccnc2)n1Cc1ccccn1. The van der Waals surface area contributed by atoms with Crippen LogP contribution in [0.4, 0.5) is 0 Å². The molecule has 0 radical (unpaired) electrons. The molecule has 19 heavy (non-hydrogen) atoms. The van der Waals surface area contributed by atoms with E-state index in [0.29, 0.717) is 11.3 Å². The van der Waals surface area contributed by atoms with Crippen molar-refractivity contribution >= 4 is 12.2 Å². The third kappa shape index (κ3) is 2.43. The lowest BCUT2D eigenvalue weighted by Gasteiger charge is -2.05. The van der Waals surface area contributed by atoms with Gasteiger partial charge < -0.3 is 0 Å². The number of hydrogen-bond donors (Lipinski definition) is 1. The van der Waals surface area contributed by atoms with Gasteiger partial charge in [-0.2, -0.15) is 5.10 Å². The Labute approximate surface area is 115 Å². The van der Waals surface area contributed by atoms with Gasteiger partial charge in [-0.25, -0.2) is 0 Å². The van der Waals surface area contributed by atoms with Crippen molar-refractivity contribution in [3.05, 3.63) is 59.4 Å². The second-order valence-corrected chi connectivity index (χ2v) is 4.39. The maximum absolute atomic E-state index is 5.27. The lowest BCUT2D eigenvalue weighted by Crippen LogP contribution is -2.04. The van der Waals surface area contributed by atoms with Crippen molar-refractivity contribution in [2.75, 3.05) is 0 Å². The van der Waals surface area contributed by atoms with Crippen LogP contribution in [-0.4, -0.2) is 24.7 Å². The second-order valence-electron chi connectivity index (χ2n) is 4.00. The molecule has 0 fully saturated rings. The molecule has 0 bridgehead atoms. The molecule has 0 aliphatic heterocycles. The molecule has 0 atom stereocenters. The Morgan fingerprint density at radius 2 is 2.11 bits per heavy atom. The molecular weight excluding hydrogens is 258 g/mol. The summed E-state index contributed by atoms with van der Waals surface area (Å²) in [6.07, 6.45) is 5.26. The van der Waals surface area contributed by atoms with Crippen LogP contribution in [0.15, 0.2) is 48.9 Å². The zero-order valence-electron chi connectivity index (χ0n) is 10.0. The number of aromatic nitrogens is 5. The van der Waals surface area contributed by atoms with Crippen molar-refractivity contribution in [1.82, 2.24) is 24.7 Å². The predicted molar refractivity (Wildman–Crippen MR) is 74.0 cm³/mol. The molecule has 0 saturated heterocycles. The first kappa shape index (κ1) is 11.7. The Hall–Kier alpha value is -2.34. The number of hydrogen-bond acceptors (Lipinski definition) is 4. The number of H-pyrrole nitrogens is 1. The van der Waals surface area contributed by atoms with Gasteiger partial charge in [-0.1, -0.05) is 6.07 Å². The highest BCUT2D eigenvalue weighted by Crippen LogP contribution is 2.16. The van der Waals surface area contributed by atoms with Crippen molar-refractivity contribution in [2.45, 2.75) is 6.54 Å². The summed E-state index contributed by atoms with van der Waals surface area (Å²) in [7, 11) is 0. The summed E-state index contributed by atoms with van der Waals surface area (Å²) < 4.78 is 2.49. The Morgan fingerprint density at radius 1 is 1.16 bits per heavy atom. The minimum absolute atomic E-state index is 0.574. The second kappa shape index (κ2) is 5.11. The van der Waals surface area contributed by atoms with Crippen molar-refractivity contribution in [3.63, 3.8) is 0 Å². The lowest BCUT2D eigenvalue weighted by atomic mass is 10.2. The van der Waals surface area contributed by atoms with Gasteiger partial charge in [0.15, 0.2) is 10.6 Å². The average Bonchev–Trinajstić information content (AvgIpc) is 2.82. The van der Waals surface area contributed by atoms with E-state index in [1.807, 2.05) is 34.9 Å². The Bertz CT molecular complexity index is 718. The molecule has 0 aliphatic rings. The van der Waals surface area contributed by atoms with E-state index in [1.54, 1.807) is 18.6 Å². The van der Waals surface area contributed by atoms with E-state index in [1.165, 1.54) is 0 Å². The van der Waals surface area contributed by atoms with Gasteiger partial charge in [0.1, 0.15) is 0 Å². The van der Waals surface area contributed by atoms with Crippen molar-refractivity contribution < 1.29 is 0 Å². The molecule has 0 amide bonds. The number of nitrogens with zero attached hydrogens (tertiary/aromatic N) is 4. The van der Waals surface area contributed by atoms with Crippen LogP contribution in [0.2, 0.25) is 0 Å². The Balaban J connectivity index is 2.03. The van der Waals surface area contributed by atoms with E-state index >= 15 is 0 Å². The first-order chi connectivity index (χ1) is 9.34. The quantitative estimate of drug-likeness (QED) is 0.742. The monoisotopic (exact) mass is 269 g/mol. The number of nitrogens with one attached hydrogen (secondary N) is 1. The fourth-order valence-corrected chi connectivity index (χ4v) is 2.03. The van der Waals surface area contributed by atoms with Crippen LogP contribution in [0.5, 0.6) is 0 Å². The topological polar surface area (TPSA) is 59.4 Å².